The molecule has 8 heteroatoms. The molecule has 0 radical (unpaired) electrons. The second kappa shape index (κ2) is 11.9. The fraction of sp³-hybridized carbons (Fsp3) is 0.500. The van der Waals surface area contributed by atoms with Crippen LogP contribution < -0.4 is 4.74 Å². The maximum absolute atomic E-state index is 15.7. The number of carbonyl (C=O) groups is 1. The SMILES string of the molecule is Cc1c(OCCN(C)CCCF)ccc(F)c1[C@@H]1C2=C(C[C@@H](C)N1C[C@@H](C)C(=O)O)c1cc(F)ccc1C2. The lowest BCUT2D eigenvalue weighted by Crippen LogP contribution is -2.45. The number of aliphatic carboxylic acids is 1. The van der Waals surface area contributed by atoms with Gasteiger partial charge in [0.25, 0.3) is 0 Å². The Morgan fingerprint density at radius 1 is 1.24 bits per heavy atom. The molecule has 0 amide bonds. The molecular formula is C30H37F3N2O3. The van der Waals surface area contributed by atoms with Gasteiger partial charge in [0.15, 0.2) is 0 Å². The third kappa shape index (κ3) is 5.76. The first kappa shape index (κ1) is 28.2. The summed E-state index contributed by atoms with van der Waals surface area (Å²) in [6, 6.07) is 7.25. The quantitative estimate of drug-likeness (QED) is 0.398. The van der Waals surface area contributed by atoms with Gasteiger partial charge in [0.1, 0.15) is 24.0 Å². The van der Waals surface area contributed by atoms with E-state index < -0.39 is 17.9 Å². The lowest BCUT2D eigenvalue weighted by Gasteiger charge is -2.43. The molecule has 0 fully saturated rings. The van der Waals surface area contributed by atoms with E-state index in [0.29, 0.717) is 55.8 Å². The molecule has 1 heterocycles. The van der Waals surface area contributed by atoms with Crippen molar-refractivity contribution in [2.24, 2.45) is 5.92 Å². The first-order valence-corrected chi connectivity index (χ1v) is 13.3. The van der Waals surface area contributed by atoms with Crippen molar-refractivity contribution < 1.29 is 27.8 Å². The highest BCUT2D eigenvalue weighted by atomic mass is 19.1. The highest BCUT2D eigenvalue weighted by Gasteiger charge is 2.41. The fourth-order valence-electron chi connectivity index (χ4n) is 5.78. The van der Waals surface area contributed by atoms with Gasteiger partial charge in [-0.05, 0) is 92.3 Å². The minimum absolute atomic E-state index is 0.0812. The zero-order valence-corrected chi connectivity index (χ0v) is 22.6. The van der Waals surface area contributed by atoms with Crippen LogP contribution in [0.5, 0.6) is 5.75 Å². The highest BCUT2D eigenvalue weighted by molar-refractivity contribution is 5.79. The summed E-state index contributed by atoms with van der Waals surface area (Å²) in [5, 5.41) is 9.67. The molecule has 0 unspecified atom stereocenters. The molecule has 1 aliphatic heterocycles. The minimum atomic E-state index is -0.904. The third-order valence-corrected chi connectivity index (χ3v) is 7.89. The number of benzene rings is 2. The Morgan fingerprint density at radius 2 is 2.00 bits per heavy atom. The number of hydrogen-bond acceptors (Lipinski definition) is 4. The topological polar surface area (TPSA) is 53.0 Å². The fourth-order valence-corrected chi connectivity index (χ4v) is 5.78. The molecule has 5 nitrogen and oxygen atoms in total. The van der Waals surface area contributed by atoms with Gasteiger partial charge >= 0.3 is 5.97 Å². The van der Waals surface area contributed by atoms with Crippen molar-refractivity contribution in [1.82, 2.24) is 9.80 Å². The Kier molecular flexibility index (Phi) is 8.83. The van der Waals surface area contributed by atoms with Gasteiger partial charge < -0.3 is 14.7 Å². The van der Waals surface area contributed by atoms with Crippen molar-refractivity contribution in [3.63, 3.8) is 0 Å². The third-order valence-electron chi connectivity index (χ3n) is 7.89. The number of carboxylic acids is 1. The van der Waals surface area contributed by atoms with Crippen LogP contribution in [0, 0.1) is 24.5 Å². The van der Waals surface area contributed by atoms with Crippen LogP contribution >= 0.6 is 0 Å². The van der Waals surface area contributed by atoms with Gasteiger partial charge in [0.2, 0.25) is 0 Å². The lowest BCUT2D eigenvalue weighted by molar-refractivity contribution is -0.142. The van der Waals surface area contributed by atoms with Crippen molar-refractivity contribution in [3.8, 4) is 5.75 Å². The van der Waals surface area contributed by atoms with E-state index in [2.05, 4.69) is 4.90 Å². The zero-order valence-electron chi connectivity index (χ0n) is 22.6. The molecule has 2 aromatic carbocycles. The number of alkyl halides is 1. The summed E-state index contributed by atoms with van der Waals surface area (Å²) in [5.74, 6) is -1.67. The Hall–Kier alpha value is -2.84. The molecular weight excluding hydrogens is 493 g/mol. The number of nitrogens with zero attached hydrogens (tertiary/aromatic N) is 2. The second-order valence-corrected chi connectivity index (χ2v) is 10.7. The van der Waals surface area contributed by atoms with E-state index >= 15 is 4.39 Å². The highest BCUT2D eigenvalue weighted by Crippen LogP contribution is 2.50. The summed E-state index contributed by atoms with van der Waals surface area (Å²) in [4.78, 5) is 15.9. The Bertz CT molecular complexity index is 1220. The largest absolute Gasteiger partial charge is 0.492 e. The van der Waals surface area contributed by atoms with Crippen LogP contribution in [0.15, 0.2) is 35.9 Å². The van der Waals surface area contributed by atoms with Gasteiger partial charge in [-0.25, -0.2) is 8.78 Å². The number of carboxylic acid groups (broad SMARTS) is 1. The van der Waals surface area contributed by atoms with E-state index in [1.807, 2.05) is 25.8 Å². The molecule has 0 saturated carbocycles. The molecule has 0 saturated heterocycles. The van der Waals surface area contributed by atoms with Gasteiger partial charge in [0.05, 0.1) is 18.6 Å². The van der Waals surface area contributed by atoms with Crippen molar-refractivity contribution in [1.29, 1.82) is 0 Å². The van der Waals surface area contributed by atoms with Crippen molar-refractivity contribution in [3.05, 3.63) is 69.8 Å². The lowest BCUT2D eigenvalue weighted by atomic mass is 9.83. The van der Waals surface area contributed by atoms with E-state index in [4.69, 9.17) is 4.74 Å². The molecule has 1 aliphatic carbocycles. The van der Waals surface area contributed by atoms with E-state index in [9.17, 15) is 18.7 Å². The van der Waals surface area contributed by atoms with Crippen LogP contribution in [0.4, 0.5) is 13.2 Å². The Balaban J connectivity index is 1.73. The van der Waals surface area contributed by atoms with Gasteiger partial charge in [-0.3, -0.25) is 14.1 Å². The summed E-state index contributed by atoms with van der Waals surface area (Å²) in [7, 11) is 1.90. The molecule has 0 bridgehead atoms. The monoisotopic (exact) mass is 530 g/mol. The number of halogens is 3. The standard InChI is InChI=1S/C30H37F3N2O3/c1-18(30(36)37)17-35-19(2)14-24-23-16-22(32)7-6-21(23)15-25(24)29(35)28-20(3)27(9-8-26(28)33)38-13-12-34(4)11-5-10-31/h6-9,16,18-19,29H,5,10-15,17H2,1-4H3,(H,36,37)/t18-,19-,29+/m1/s1. The molecule has 2 aromatic rings. The smallest absolute Gasteiger partial charge is 0.307 e. The molecule has 0 aromatic heterocycles. The average Bonchev–Trinajstić information content (AvgIpc) is 3.22. The average molecular weight is 531 g/mol. The van der Waals surface area contributed by atoms with Crippen LogP contribution in [0.3, 0.4) is 0 Å². The minimum Gasteiger partial charge on any atom is -0.492 e. The Morgan fingerprint density at radius 3 is 2.71 bits per heavy atom. The van der Waals surface area contributed by atoms with Gasteiger partial charge in [-0.2, -0.15) is 0 Å². The molecule has 2 aliphatic rings. The summed E-state index contributed by atoms with van der Waals surface area (Å²) >= 11 is 0. The Labute approximate surface area is 222 Å². The molecule has 38 heavy (non-hydrogen) atoms. The van der Waals surface area contributed by atoms with Gasteiger partial charge in [0, 0.05) is 31.2 Å². The van der Waals surface area contributed by atoms with Crippen LogP contribution in [0.1, 0.15) is 55.0 Å². The predicted molar refractivity (Wildman–Crippen MR) is 142 cm³/mol. The van der Waals surface area contributed by atoms with Crippen LogP contribution in [0.2, 0.25) is 0 Å². The van der Waals surface area contributed by atoms with Crippen LogP contribution in [0.25, 0.3) is 5.57 Å². The molecule has 206 valence electrons. The van der Waals surface area contributed by atoms with E-state index in [-0.39, 0.29) is 30.9 Å². The van der Waals surface area contributed by atoms with E-state index in [0.717, 1.165) is 22.3 Å². The first-order valence-electron chi connectivity index (χ1n) is 13.3. The number of likely N-dealkylation sites (N-methyl/N-ethyl adjacent to an activating group) is 1. The number of hydrogen-bond donors (Lipinski definition) is 1. The number of ether oxygens (including phenoxy) is 1. The molecule has 1 N–H and O–H groups in total. The van der Waals surface area contributed by atoms with Gasteiger partial charge in [-0.1, -0.05) is 13.0 Å². The normalized spacial score (nSPS) is 20.0. The van der Waals surface area contributed by atoms with Crippen molar-refractivity contribution in [2.45, 2.75) is 52.1 Å². The molecule has 4 rings (SSSR count). The first-order chi connectivity index (χ1) is 18.1. The number of fused-ring (bicyclic) bond motifs is 2. The summed E-state index contributed by atoms with van der Waals surface area (Å²) < 4.78 is 48.5. The molecule has 3 atom stereocenters. The van der Waals surface area contributed by atoms with E-state index in [1.54, 1.807) is 25.1 Å². The zero-order chi connectivity index (χ0) is 27.6. The van der Waals surface area contributed by atoms with Crippen molar-refractivity contribution >= 4 is 11.5 Å². The maximum atomic E-state index is 15.7. The van der Waals surface area contributed by atoms with Crippen LogP contribution in [-0.2, 0) is 11.2 Å². The van der Waals surface area contributed by atoms with E-state index in [1.165, 1.54) is 12.1 Å². The summed E-state index contributed by atoms with van der Waals surface area (Å²) in [6.07, 6.45) is 1.66. The molecule has 0 spiro atoms. The summed E-state index contributed by atoms with van der Waals surface area (Å²) in [5.41, 5.74) is 5.02. The maximum Gasteiger partial charge on any atom is 0.307 e. The van der Waals surface area contributed by atoms with Crippen LogP contribution in [-0.4, -0.2) is 66.9 Å². The summed E-state index contributed by atoms with van der Waals surface area (Å²) in [6.45, 7) is 7.01. The van der Waals surface area contributed by atoms with Gasteiger partial charge in [-0.15, -0.1) is 0 Å². The second-order valence-electron chi connectivity index (χ2n) is 10.7. The van der Waals surface area contributed by atoms with Crippen molar-refractivity contribution in [2.75, 3.05) is 40.0 Å². The predicted octanol–water partition coefficient (Wildman–Crippen LogP) is 5.81. The number of rotatable bonds is 11.